The smallest absolute Gasteiger partial charge is 0.372 e. The fourth-order valence-corrected chi connectivity index (χ4v) is 5.33. The van der Waals surface area contributed by atoms with Crippen LogP contribution in [-0.2, 0) is 17.1 Å². The van der Waals surface area contributed by atoms with Crippen molar-refractivity contribution in [3.05, 3.63) is 39.2 Å². The van der Waals surface area contributed by atoms with Crippen molar-refractivity contribution in [3.63, 3.8) is 0 Å². The topological polar surface area (TPSA) is 89.6 Å². The number of nitrogens with zero attached hydrogens (tertiary/aromatic N) is 2. The molecule has 0 spiro atoms. The van der Waals surface area contributed by atoms with Crippen LogP contribution in [0.15, 0.2) is 37.1 Å². The molecular formula is C16H20N2O5S. The minimum absolute atomic E-state index is 0.0431. The number of rotatable bonds is 2. The highest BCUT2D eigenvalue weighted by atomic mass is 32.2. The lowest BCUT2D eigenvalue weighted by Crippen LogP contribution is -2.47. The average Bonchev–Trinajstić information content (AvgIpc) is 2.52. The van der Waals surface area contributed by atoms with Crippen molar-refractivity contribution in [2.24, 2.45) is 7.05 Å². The number of fused-ring (bicyclic) bond motifs is 1. The third kappa shape index (κ3) is 2.59. The molecule has 3 rings (SSSR count). The molecule has 0 radical (unpaired) electrons. The van der Waals surface area contributed by atoms with Gasteiger partial charge in [-0.3, -0.25) is 4.57 Å². The van der Waals surface area contributed by atoms with E-state index in [1.165, 1.54) is 34.1 Å². The van der Waals surface area contributed by atoms with Crippen molar-refractivity contribution in [3.8, 4) is 0 Å². The van der Waals surface area contributed by atoms with Gasteiger partial charge in [0.25, 0.3) is 0 Å². The number of piperidine rings is 1. The summed E-state index contributed by atoms with van der Waals surface area (Å²) in [4.78, 5) is 23.5. The molecule has 1 aliphatic rings. The molecular weight excluding hydrogens is 332 g/mol. The molecule has 130 valence electrons. The Kier molecular flexibility index (Phi) is 4.13. The fourth-order valence-electron chi connectivity index (χ4n) is 3.43. The van der Waals surface area contributed by atoms with Crippen LogP contribution >= 0.6 is 0 Å². The highest BCUT2D eigenvalue weighted by molar-refractivity contribution is 7.89. The van der Waals surface area contributed by atoms with Gasteiger partial charge in [0.2, 0.25) is 10.0 Å². The summed E-state index contributed by atoms with van der Waals surface area (Å²) < 4.78 is 33.4. The monoisotopic (exact) mass is 352 g/mol. The second-order valence-electron chi connectivity index (χ2n) is 6.36. The van der Waals surface area contributed by atoms with Crippen LogP contribution < -0.4 is 11.4 Å². The maximum absolute atomic E-state index is 13.0. The van der Waals surface area contributed by atoms with E-state index in [0.29, 0.717) is 5.52 Å². The van der Waals surface area contributed by atoms with E-state index in [1.54, 1.807) is 0 Å². The van der Waals surface area contributed by atoms with Crippen molar-refractivity contribution < 1.29 is 12.8 Å². The number of sulfonamides is 1. The summed E-state index contributed by atoms with van der Waals surface area (Å²) in [6.45, 7) is 3.79. The van der Waals surface area contributed by atoms with Crippen LogP contribution in [0, 0.1) is 0 Å². The van der Waals surface area contributed by atoms with Gasteiger partial charge in [-0.25, -0.2) is 18.0 Å². The van der Waals surface area contributed by atoms with Crippen LogP contribution in [0.2, 0.25) is 0 Å². The molecule has 2 unspecified atom stereocenters. The van der Waals surface area contributed by atoms with Gasteiger partial charge in [0, 0.05) is 19.1 Å². The number of aromatic nitrogens is 1. The molecule has 0 amide bonds. The van der Waals surface area contributed by atoms with E-state index in [9.17, 15) is 18.0 Å². The number of hydrogen-bond acceptors (Lipinski definition) is 5. The molecule has 2 atom stereocenters. The van der Waals surface area contributed by atoms with E-state index in [1.807, 2.05) is 13.8 Å². The summed E-state index contributed by atoms with van der Waals surface area (Å²) in [5.74, 6) is -0.776. The Hall–Kier alpha value is -1.93. The molecule has 7 nitrogen and oxygen atoms in total. The Labute approximate surface area is 139 Å². The first-order chi connectivity index (χ1) is 11.2. The third-order valence-corrected chi connectivity index (χ3v) is 6.82. The van der Waals surface area contributed by atoms with Gasteiger partial charge in [0.15, 0.2) is 0 Å². The van der Waals surface area contributed by atoms with Crippen molar-refractivity contribution in [2.45, 2.75) is 50.1 Å². The first-order valence-electron chi connectivity index (χ1n) is 7.91. The highest BCUT2D eigenvalue weighted by Gasteiger charge is 2.35. The normalized spacial score (nSPS) is 22.8. The summed E-state index contributed by atoms with van der Waals surface area (Å²) in [5.41, 5.74) is -0.486. The van der Waals surface area contributed by atoms with E-state index in [0.717, 1.165) is 19.3 Å². The van der Waals surface area contributed by atoms with Gasteiger partial charge in [0.1, 0.15) is 0 Å². The van der Waals surface area contributed by atoms with Crippen molar-refractivity contribution in [1.29, 1.82) is 0 Å². The Morgan fingerprint density at radius 1 is 1.12 bits per heavy atom. The zero-order chi connectivity index (χ0) is 17.6. The minimum atomic E-state index is -3.73. The Morgan fingerprint density at radius 2 is 1.75 bits per heavy atom. The summed E-state index contributed by atoms with van der Waals surface area (Å²) in [6, 6.07) is 4.02. The number of aryl methyl sites for hydroxylation is 1. The zero-order valence-electron chi connectivity index (χ0n) is 13.9. The Morgan fingerprint density at radius 3 is 2.38 bits per heavy atom. The molecule has 8 heteroatoms. The molecule has 1 fully saturated rings. The summed E-state index contributed by atoms with van der Waals surface area (Å²) in [7, 11) is -2.26. The van der Waals surface area contributed by atoms with E-state index < -0.39 is 21.4 Å². The van der Waals surface area contributed by atoms with Crippen LogP contribution in [0.5, 0.6) is 0 Å². The molecule has 1 aromatic carbocycles. The molecule has 2 heterocycles. The van der Waals surface area contributed by atoms with Gasteiger partial charge in [0.05, 0.1) is 15.8 Å². The molecule has 1 saturated heterocycles. The molecule has 1 aliphatic heterocycles. The van der Waals surface area contributed by atoms with Gasteiger partial charge in [-0.05, 0) is 44.9 Å². The Bertz CT molecular complexity index is 995. The second-order valence-corrected chi connectivity index (χ2v) is 8.20. The molecule has 24 heavy (non-hydrogen) atoms. The number of benzene rings is 1. The Balaban J connectivity index is 2.19. The summed E-state index contributed by atoms with van der Waals surface area (Å²) >= 11 is 0. The lowest BCUT2D eigenvalue weighted by Gasteiger charge is -2.37. The average molecular weight is 352 g/mol. The quantitative estimate of drug-likeness (QED) is 0.816. The van der Waals surface area contributed by atoms with Crippen molar-refractivity contribution in [1.82, 2.24) is 8.87 Å². The molecule has 2 aromatic rings. The van der Waals surface area contributed by atoms with E-state index in [4.69, 9.17) is 0 Å². The summed E-state index contributed by atoms with van der Waals surface area (Å²) in [6.07, 6.45) is 2.62. The van der Waals surface area contributed by atoms with E-state index >= 15 is 0 Å². The standard InChI is InChI=1S/C16H20N2O5S/c1-10-5-4-6-11(2)18(10)24(21,22)12-7-8-14-13(9-12)15(19)23-16(20)17(14)3/h7-11H,4-6H2,1-3H3. The van der Waals surface area contributed by atoms with Gasteiger partial charge < -0.3 is 4.42 Å². The highest BCUT2D eigenvalue weighted by Crippen LogP contribution is 2.30. The van der Waals surface area contributed by atoms with Gasteiger partial charge in [-0.15, -0.1) is 0 Å². The predicted molar refractivity (Wildman–Crippen MR) is 89.5 cm³/mol. The minimum Gasteiger partial charge on any atom is -0.372 e. The predicted octanol–water partition coefficient (Wildman–Crippen LogP) is 1.44. The van der Waals surface area contributed by atoms with Crippen LogP contribution in [0.1, 0.15) is 33.1 Å². The SMILES string of the molecule is CC1CCCC(C)N1S(=O)(=O)c1ccc2c(c1)c(=O)oc(=O)n2C. The molecule has 0 aliphatic carbocycles. The molecule has 0 bridgehead atoms. The van der Waals surface area contributed by atoms with E-state index in [-0.39, 0.29) is 22.4 Å². The van der Waals surface area contributed by atoms with E-state index in [2.05, 4.69) is 4.42 Å². The molecule has 1 aromatic heterocycles. The lowest BCUT2D eigenvalue weighted by molar-refractivity contribution is 0.204. The summed E-state index contributed by atoms with van der Waals surface area (Å²) in [5, 5.41) is 0.0792. The maximum atomic E-state index is 13.0. The third-order valence-electron chi connectivity index (χ3n) is 4.69. The van der Waals surface area contributed by atoms with Crippen molar-refractivity contribution in [2.75, 3.05) is 0 Å². The van der Waals surface area contributed by atoms with Crippen LogP contribution in [0.4, 0.5) is 0 Å². The zero-order valence-corrected chi connectivity index (χ0v) is 14.7. The fraction of sp³-hybridized carbons (Fsp3) is 0.500. The van der Waals surface area contributed by atoms with Gasteiger partial charge in [-0.2, -0.15) is 4.31 Å². The molecule has 0 saturated carbocycles. The maximum Gasteiger partial charge on any atom is 0.422 e. The van der Waals surface area contributed by atoms with Crippen molar-refractivity contribution >= 4 is 20.9 Å². The second kappa shape index (κ2) is 5.86. The first kappa shape index (κ1) is 16.9. The van der Waals surface area contributed by atoms with Crippen LogP contribution in [0.3, 0.4) is 0 Å². The van der Waals surface area contributed by atoms with Crippen LogP contribution in [0.25, 0.3) is 10.9 Å². The largest absolute Gasteiger partial charge is 0.422 e. The van der Waals surface area contributed by atoms with Gasteiger partial charge >= 0.3 is 11.4 Å². The first-order valence-corrected chi connectivity index (χ1v) is 9.35. The number of hydrogen-bond donors (Lipinski definition) is 0. The lowest BCUT2D eigenvalue weighted by atomic mass is 10.0. The van der Waals surface area contributed by atoms with Gasteiger partial charge in [-0.1, -0.05) is 6.42 Å². The molecule has 0 N–H and O–H groups in total. The van der Waals surface area contributed by atoms with Crippen LogP contribution in [-0.4, -0.2) is 29.4 Å².